The van der Waals surface area contributed by atoms with Crippen molar-refractivity contribution in [3.8, 4) is 22.4 Å². The standard InChI is InChI=1S/C25H29N5O2/c1-16-8-9-18(12-21(16)25(32)29(2)3)23-20(10-11-22(28-23)24(26)31)19-13-27-30(15-19)14-17-6-4-5-7-17/h8-13,15,17H,4-7,14H2,1-3H3,(H2,26,31). The monoisotopic (exact) mass is 431 g/mol. The van der Waals surface area contributed by atoms with Crippen molar-refractivity contribution in [3.05, 3.63) is 59.5 Å². The Hall–Kier alpha value is -3.48. The molecule has 166 valence electrons. The highest BCUT2D eigenvalue weighted by Gasteiger charge is 2.19. The third-order valence-corrected chi connectivity index (χ3v) is 6.16. The Bertz CT molecular complexity index is 1160. The lowest BCUT2D eigenvalue weighted by molar-refractivity contribution is 0.0826. The predicted octanol–water partition coefficient (Wildman–Crippen LogP) is 3.91. The number of rotatable bonds is 6. The number of nitrogens with two attached hydrogens (primary N) is 1. The average molecular weight is 432 g/mol. The first kappa shape index (κ1) is 21.7. The molecule has 3 aromatic rings. The van der Waals surface area contributed by atoms with Crippen LogP contribution in [-0.4, -0.2) is 45.6 Å². The van der Waals surface area contributed by atoms with Crippen LogP contribution in [0.4, 0.5) is 0 Å². The van der Waals surface area contributed by atoms with Crippen molar-refractivity contribution in [1.29, 1.82) is 0 Å². The van der Waals surface area contributed by atoms with Gasteiger partial charge in [-0.2, -0.15) is 5.10 Å². The molecule has 0 aliphatic heterocycles. The molecule has 1 aliphatic carbocycles. The Balaban J connectivity index is 1.77. The largest absolute Gasteiger partial charge is 0.364 e. The van der Waals surface area contributed by atoms with Gasteiger partial charge in [0.1, 0.15) is 5.69 Å². The van der Waals surface area contributed by atoms with E-state index < -0.39 is 5.91 Å². The second kappa shape index (κ2) is 8.94. The Kier molecular flexibility index (Phi) is 6.08. The molecule has 0 spiro atoms. The SMILES string of the molecule is Cc1ccc(-c2nc(C(N)=O)ccc2-c2cnn(CC3CCCC3)c2)cc1C(=O)N(C)C. The minimum absolute atomic E-state index is 0.0821. The van der Waals surface area contributed by atoms with E-state index in [1.165, 1.54) is 25.7 Å². The van der Waals surface area contributed by atoms with E-state index in [-0.39, 0.29) is 11.6 Å². The van der Waals surface area contributed by atoms with Crippen LogP contribution in [0.15, 0.2) is 42.7 Å². The Labute approximate surface area is 188 Å². The molecule has 0 radical (unpaired) electrons. The summed E-state index contributed by atoms with van der Waals surface area (Å²) >= 11 is 0. The summed E-state index contributed by atoms with van der Waals surface area (Å²) in [5.74, 6) is 0.00190. The van der Waals surface area contributed by atoms with Crippen LogP contribution in [0.5, 0.6) is 0 Å². The van der Waals surface area contributed by atoms with Gasteiger partial charge in [-0.15, -0.1) is 0 Å². The van der Waals surface area contributed by atoms with Crippen LogP contribution in [0, 0.1) is 12.8 Å². The van der Waals surface area contributed by atoms with Gasteiger partial charge in [-0.1, -0.05) is 25.0 Å². The molecule has 2 heterocycles. The maximum Gasteiger partial charge on any atom is 0.267 e. The molecule has 32 heavy (non-hydrogen) atoms. The Morgan fingerprint density at radius 3 is 2.56 bits per heavy atom. The molecular weight excluding hydrogens is 402 g/mol. The van der Waals surface area contributed by atoms with Gasteiger partial charge in [-0.25, -0.2) is 4.98 Å². The highest BCUT2D eigenvalue weighted by Crippen LogP contribution is 2.33. The maximum atomic E-state index is 12.7. The molecule has 1 fully saturated rings. The van der Waals surface area contributed by atoms with Crippen LogP contribution >= 0.6 is 0 Å². The summed E-state index contributed by atoms with van der Waals surface area (Å²) in [5.41, 5.74) is 10.3. The van der Waals surface area contributed by atoms with Gasteiger partial charge in [0.15, 0.2) is 0 Å². The molecule has 0 bridgehead atoms. The number of carbonyl (C=O) groups is 2. The normalized spacial score (nSPS) is 14.0. The molecule has 1 aliphatic rings. The number of hydrogen-bond acceptors (Lipinski definition) is 4. The zero-order valence-electron chi connectivity index (χ0n) is 18.8. The summed E-state index contributed by atoms with van der Waals surface area (Å²) < 4.78 is 1.99. The third kappa shape index (κ3) is 4.42. The molecule has 7 nitrogen and oxygen atoms in total. The van der Waals surface area contributed by atoms with E-state index in [0.717, 1.165) is 28.8 Å². The van der Waals surface area contributed by atoms with E-state index in [1.807, 2.05) is 48.3 Å². The highest BCUT2D eigenvalue weighted by atomic mass is 16.2. The van der Waals surface area contributed by atoms with Crippen molar-refractivity contribution in [2.75, 3.05) is 14.1 Å². The number of primary amides is 1. The van der Waals surface area contributed by atoms with Gasteiger partial charge < -0.3 is 10.6 Å². The summed E-state index contributed by atoms with van der Waals surface area (Å²) in [6.07, 6.45) is 8.96. The number of aryl methyl sites for hydroxylation is 1. The number of carbonyl (C=O) groups excluding carboxylic acids is 2. The van der Waals surface area contributed by atoms with Crippen LogP contribution in [0.2, 0.25) is 0 Å². The molecule has 2 aromatic heterocycles. The second-order valence-electron chi connectivity index (χ2n) is 8.79. The fourth-order valence-corrected chi connectivity index (χ4v) is 4.35. The Morgan fingerprint density at radius 1 is 1.12 bits per heavy atom. The van der Waals surface area contributed by atoms with Gasteiger partial charge in [0.2, 0.25) is 0 Å². The number of pyridine rings is 1. The summed E-state index contributed by atoms with van der Waals surface area (Å²) in [7, 11) is 3.45. The van der Waals surface area contributed by atoms with Gasteiger partial charge >= 0.3 is 0 Å². The van der Waals surface area contributed by atoms with Crippen LogP contribution in [-0.2, 0) is 6.54 Å². The van der Waals surface area contributed by atoms with Crippen molar-refractivity contribution in [3.63, 3.8) is 0 Å². The van der Waals surface area contributed by atoms with Crippen LogP contribution < -0.4 is 5.73 Å². The number of aromatic nitrogens is 3. The summed E-state index contributed by atoms with van der Waals surface area (Å²) in [6.45, 7) is 2.82. The first-order chi connectivity index (χ1) is 15.3. The molecular formula is C25H29N5O2. The molecule has 4 rings (SSSR count). The van der Waals surface area contributed by atoms with Gasteiger partial charge in [0.05, 0.1) is 11.9 Å². The minimum atomic E-state index is -0.591. The van der Waals surface area contributed by atoms with E-state index in [2.05, 4.69) is 10.1 Å². The smallest absolute Gasteiger partial charge is 0.267 e. The van der Waals surface area contributed by atoms with E-state index >= 15 is 0 Å². The van der Waals surface area contributed by atoms with Crippen molar-refractivity contribution >= 4 is 11.8 Å². The van der Waals surface area contributed by atoms with E-state index in [9.17, 15) is 9.59 Å². The first-order valence-electron chi connectivity index (χ1n) is 11.0. The predicted molar refractivity (Wildman–Crippen MR) is 124 cm³/mol. The lowest BCUT2D eigenvalue weighted by atomic mass is 9.97. The fraction of sp³-hybridized carbons (Fsp3) is 0.360. The van der Waals surface area contributed by atoms with Crippen LogP contribution in [0.3, 0.4) is 0 Å². The zero-order valence-corrected chi connectivity index (χ0v) is 18.8. The topological polar surface area (TPSA) is 94.1 Å². The highest BCUT2D eigenvalue weighted by molar-refractivity contribution is 5.97. The number of amides is 2. The van der Waals surface area contributed by atoms with E-state index in [0.29, 0.717) is 17.2 Å². The molecule has 2 N–H and O–H groups in total. The van der Waals surface area contributed by atoms with Crippen molar-refractivity contribution < 1.29 is 9.59 Å². The molecule has 1 saturated carbocycles. The first-order valence-corrected chi connectivity index (χ1v) is 11.0. The molecule has 0 atom stereocenters. The molecule has 0 unspecified atom stereocenters. The maximum absolute atomic E-state index is 12.7. The van der Waals surface area contributed by atoms with Gasteiger partial charge in [-0.3, -0.25) is 14.3 Å². The van der Waals surface area contributed by atoms with Gasteiger partial charge in [0.25, 0.3) is 11.8 Å². The van der Waals surface area contributed by atoms with Gasteiger partial charge in [0, 0.05) is 49.1 Å². The van der Waals surface area contributed by atoms with E-state index in [4.69, 9.17) is 5.73 Å². The van der Waals surface area contributed by atoms with E-state index in [1.54, 1.807) is 25.1 Å². The second-order valence-corrected chi connectivity index (χ2v) is 8.79. The quantitative estimate of drug-likeness (QED) is 0.640. The average Bonchev–Trinajstić information content (AvgIpc) is 3.45. The van der Waals surface area contributed by atoms with Crippen molar-refractivity contribution in [2.24, 2.45) is 11.7 Å². The summed E-state index contributed by atoms with van der Waals surface area (Å²) in [5, 5.41) is 4.57. The van der Waals surface area contributed by atoms with Crippen LogP contribution in [0.25, 0.3) is 22.4 Å². The van der Waals surface area contributed by atoms with Gasteiger partial charge in [-0.05, 0) is 49.4 Å². The minimum Gasteiger partial charge on any atom is -0.364 e. The van der Waals surface area contributed by atoms with Crippen molar-refractivity contribution in [2.45, 2.75) is 39.2 Å². The lowest BCUT2D eigenvalue weighted by Crippen LogP contribution is -2.22. The molecule has 1 aromatic carbocycles. The molecule has 2 amide bonds. The number of nitrogens with zero attached hydrogens (tertiary/aromatic N) is 4. The van der Waals surface area contributed by atoms with Crippen LogP contribution in [0.1, 0.15) is 52.1 Å². The fourth-order valence-electron chi connectivity index (χ4n) is 4.35. The third-order valence-electron chi connectivity index (χ3n) is 6.16. The Morgan fingerprint density at radius 2 is 1.88 bits per heavy atom. The lowest BCUT2D eigenvalue weighted by Gasteiger charge is -2.15. The molecule has 0 saturated heterocycles. The molecule has 7 heteroatoms. The number of hydrogen-bond donors (Lipinski definition) is 1. The summed E-state index contributed by atoms with van der Waals surface area (Å²) in [6, 6.07) is 9.14. The van der Waals surface area contributed by atoms with Crippen molar-refractivity contribution in [1.82, 2.24) is 19.7 Å². The number of benzene rings is 1. The zero-order chi connectivity index (χ0) is 22.8. The summed E-state index contributed by atoms with van der Waals surface area (Å²) in [4.78, 5) is 30.6.